The second kappa shape index (κ2) is 6.20. The van der Waals surface area contributed by atoms with Gasteiger partial charge in [0.1, 0.15) is 6.33 Å². The molecule has 2 aromatic heterocycles. The fourth-order valence-corrected chi connectivity index (χ4v) is 3.25. The molecule has 126 valence electrons. The predicted molar refractivity (Wildman–Crippen MR) is 91.7 cm³/mol. The molecule has 0 fully saturated rings. The zero-order valence-electron chi connectivity index (χ0n) is 13.8. The summed E-state index contributed by atoms with van der Waals surface area (Å²) in [6.07, 6.45) is 3.61. The highest BCUT2D eigenvalue weighted by atomic mass is 32.2. The first-order chi connectivity index (χ1) is 11.4. The molecule has 0 saturated carbocycles. The lowest BCUT2D eigenvalue weighted by atomic mass is 10.0. The normalized spacial score (nSPS) is 13.1. The average Bonchev–Trinajstić information content (AvgIpc) is 3.00. The maximum atomic E-state index is 11.6. The van der Waals surface area contributed by atoms with Gasteiger partial charge in [0.15, 0.2) is 9.84 Å². The van der Waals surface area contributed by atoms with Crippen LogP contribution in [0.25, 0.3) is 5.65 Å². The predicted octanol–water partition coefficient (Wildman–Crippen LogP) is 2.40. The van der Waals surface area contributed by atoms with Crippen LogP contribution in [0.15, 0.2) is 41.6 Å². The van der Waals surface area contributed by atoms with E-state index < -0.39 is 9.84 Å². The third kappa shape index (κ3) is 3.23. The molecular weight excluding hydrogens is 326 g/mol. The Kier molecular flexibility index (Phi) is 4.23. The summed E-state index contributed by atoms with van der Waals surface area (Å²) in [7, 11) is -3.19. The summed E-state index contributed by atoms with van der Waals surface area (Å²) in [5.74, 6) is 0. The molecule has 7 nitrogen and oxygen atoms in total. The lowest BCUT2D eigenvalue weighted by Crippen LogP contribution is -2.12. The molecule has 0 saturated heterocycles. The number of aromatic nitrogens is 4. The molecule has 0 bridgehead atoms. The van der Waals surface area contributed by atoms with Gasteiger partial charge in [-0.25, -0.2) is 8.42 Å². The Morgan fingerprint density at radius 1 is 1.25 bits per heavy atom. The van der Waals surface area contributed by atoms with Crippen molar-refractivity contribution >= 4 is 21.2 Å². The zero-order valence-corrected chi connectivity index (χ0v) is 14.6. The number of nitrogens with one attached hydrogen (secondary N) is 1. The van der Waals surface area contributed by atoms with E-state index in [1.165, 1.54) is 6.26 Å². The van der Waals surface area contributed by atoms with Crippen molar-refractivity contribution in [1.82, 2.24) is 19.8 Å². The highest BCUT2D eigenvalue weighted by Gasteiger charge is 2.14. The van der Waals surface area contributed by atoms with E-state index in [9.17, 15) is 8.42 Å². The molecule has 0 radical (unpaired) electrons. The maximum absolute atomic E-state index is 11.6. The SMILES string of the molecule is CCC(Nc1cc(C)nn2cnnc12)c1ccc(S(C)(=O)=O)cc1. The number of benzene rings is 1. The standard InChI is InChI=1S/C16H19N5O2S/c1-4-14(12-5-7-13(8-6-12)24(3,22)23)18-15-9-11(2)20-21-10-17-19-16(15)21/h5-10,14,18H,4H2,1-3H3. The van der Waals surface area contributed by atoms with Gasteiger partial charge in [0.2, 0.25) is 5.65 Å². The van der Waals surface area contributed by atoms with Crippen molar-refractivity contribution in [3.05, 3.63) is 47.9 Å². The minimum absolute atomic E-state index is 0.0286. The lowest BCUT2D eigenvalue weighted by Gasteiger charge is -2.19. The Labute approximate surface area is 140 Å². The highest BCUT2D eigenvalue weighted by Crippen LogP contribution is 2.26. The van der Waals surface area contributed by atoms with E-state index in [1.54, 1.807) is 23.0 Å². The van der Waals surface area contributed by atoms with Crippen LogP contribution in [0.5, 0.6) is 0 Å². The summed E-state index contributed by atoms with van der Waals surface area (Å²) in [6.45, 7) is 3.98. The summed E-state index contributed by atoms with van der Waals surface area (Å²) >= 11 is 0. The minimum Gasteiger partial charge on any atom is -0.375 e. The average molecular weight is 345 g/mol. The van der Waals surface area contributed by atoms with Gasteiger partial charge < -0.3 is 5.32 Å². The van der Waals surface area contributed by atoms with Crippen LogP contribution >= 0.6 is 0 Å². The maximum Gasteiger partial charge on any atom is 0.200 e. The summed E-state index contributed by atoms with van der Waals surface area (Å²) < 4.78 is 24.8. The summed E-state index contributed by atoms with van der Waals surface area (Å²) in [5.41, 5.74) is 3.37. The molecule has 3 rings (SSSR count). The van der Waals surface area contributed by atoms with Crippen LogP contribution in [0.1, 0.15) is 30.6 Å². The van der Waals surface area contributed by atoms with Crippen molar-refractivity contribution < 1.29 is 8.42 Å². The molecule has 3 aromatic rings. The number of fused-ring (bicyclic) bond motifs is 1. The van der Waals surface area contributed by atoms with Gasteiger partial charge in [-0.15, -0.1) is 10.2 Å². The van der Waals surface area contributed by atoms with Gasteiger partial charge in [-0.05, 0) is 37.1 Å². The van der Waals surface area contributed by atoms with E-state index in [1.807, 2.05) is 25.1 Å². The van der Waals surface area contributed by atoms with Crippen molar-refractivity contribution in [2.24, 2.45) is 0 Å². The summed E-state index contributed by atoms with van der Waals surface area (Å²) in [6, 6.07) is 8.91. The summed E-state index contributed by atoms with van der Waals surface area (Å²) in [4.78, 5) is 0.320. The fourth-order valence-electron chi connectivity index (χ4n) is 2.61. The molecule has 8 heteroatoms. The topological polar surface area (TPSA) is 89.2 Å². The lowest BCUT2D eigenvalue weighted by molar-refractivity contribution is 0.601. The van der Waals surface area contributed by atoms with E-state index in [4.69, 9.17) is 0 Å². The van der Waals surface area contributed by atoms with Gasteiger partial charge in [-0.2, -0.15) is 9.61 Å². The molecule has 1 atom stereocenters. The second-order valence-electron chi connectivity index (χ2n) is 5.74. The van der Waals surface area contributed by atoms with Crippen LogP contribution in [0.2, 0.25) is 0 Å². The smallest absolute Gasteiger partial charge is 0.200 e. The number of anilines is 1. The Morgan fingerprint density at radius 3 is 2.58 bits per heavy atom. The Balaban J connectivity index is 1.93. The Morgan fingerprint density at radius 2 is 1.96 bits per heavy atom. The molecule has 0 amide bonds. The third-order valence-corrected chi connectivity index (χ3v) is 4.97. The van der Waals surface area contributed by atoms with Crippen LogP contribution in [0.3, 0.4) is 0 Å². The van der Waals surface area contributed by atoms with Crippen LogP contribution in [-0.2, 0) is 9.84 Å². The number of aryl methyl sites for hydroxylation is 1. The van der Waals surface area contributed by atoms with E-state index >= 15 is 0 Å². The molecule has 1 unspecified atom stereocenters. The van der Waals surface area contributed by atoms with Crippen LogP contribution in [-0.4, -0.2) is 34.5 Å². The van der Waals surface area contributed by atoms with E-state index in [0.29, 0.717) is 10.5 Å². The van der Waals surface area contributed by atoms with Gasteiger partial charge in [-0.1, -0.05) is 19.1 Å². The van der Waals surface area contributed by atoms with Crippen LogP contribution < -0.4 is 5.32 Å². The first-order valence-corrected chi connectivity index (χ1v) is 9.52. The van der Waals surface area contributed by atoms with Crippen molar-refractivity contribution in [3.8, 4) is 0 Å². The largest absolute Gasteiger partial charge is 0.375 e. The van der Waals surface area contributed by atoms with Crippen molar-refractivity contribution in [2.45, 2.75) is 31.2 Å². The summed E-state index contributed by atoms with van der Waals surface area (Å²) in [5, 5.41) is 15.8. The third-order valence-electron chi connectivity index (χ3n) is 3.84. The molecule has 1 aromatic carbocycles. The van der Waals surface area contributed by atoms with E-state index in [2.05, 4.69) is 27.5 Å². The molecule has 0 aliphatic carbocycles. The van der Waals surface area contributed by atoms with Crippen molar-refractivity contribution in [2.75, 3.05) is 11.6 Å². The van der Waals surface area contributed by atoms with Crippen LogP contribution in [0.4, 0.5) is 5.69 Å². The van der Waals surface area contributed by atoms with E-state index in [0.717, 1.165) is 23.4 Å². The molecule has 1 N–H and O–H groups in total. The molecule has 0 aliphatic heterocycles. The number of hydrogen-bond acceptors (Lipinski definition) is 6. The number of sulfone groups is 1. The van der Waals surface area contributed by atoms with Crippen molar-refractivity contribution in [3.63, 3.8) is 0 Å². The van der Waals surface area contributed by atoms with Gasteiger partial charge in [0.05, 0.1) is 22.3 Å². The molecule has 0 aliphatic rings. The minimum atomic E-state index is -3.19. The van der Waals surface area contributed by atoms with Crippen LogP contribution in [0, 0.1) is 6.92 Å². The first kappa shape index (κ1) is 16.4. The zero-order chi connectivity index (χ0) is 17.3. The van der Waals surface area contributed by atoms with E-state index in [-0.39, 0.29) is 6.04 Å². The molecule has 2 heterocycles. The molecular formula is C16H19N5O2S. The van der Waals surface area contributed by atoms with Crippen molar-refractivity contribution in [1.29, 1.82) is 0 Å². The second-order valence-corrected chi connectivity index (χ2v) is 7.76. The van der Waals surface area contributed by atoms with Gasteiger partial charge >= 0.3 is 0 Å². The number of nitrogens with zero attached hydrogens (tertiary/aromatic N) is 4. The van der Waals surface area contributed by atoms with Gasteiger partial charge in [-0.3, -0.25) is 0 Å². The van der Waals surface area contributed by atoms with Gasteiger partial charge in [0.25, 0.3) is 0 Å². The Bertz CT molecular complexity index is 964. The monoisotopic (exact) mass is 345 g/mol. The first-order valence-electron chi connectivity index (χ1n) is 7.62. The molecule has 0 spiro atoms. The quantitative estimate of drug-likeness (QED) is 0.764. The van der Waals surface area contributed by atoms with Gasteiger partial charge in [0, 0.05) is 6.26 Å². The Hall–Kier alpha value is -2.48. The fraction of sp³-hybridized carbons (Fsp3) is 0.312. The highest BCUT2D eigenvalue weighted by molar-refractivity contribution is 7.90. The number of rotatable bonds is 5. The number of hydrogen-bond donors (Lipinski definition) is 1. The molecule has 24 heavy (non-hydrogen) atoms.